The predicted octanol–water partition coefficient (Wildman–Crippen LogP) is 1.41. The maximum absolute atomic E-state index is 12.7. The molecule has 2 heterocycles. The van der Waals surface area contributed by atoms with Gasteiger partial charge >= 0.3 is 5.69 Å². The van der Waals surface area contributed by atoms with Crippen LogP contribution in [0, 0.1) is 0 Å². The van der Waals surface area contributed by atoms with E-state index in [9.17, 15) is 19.8 Å². The van der Waals surface area contributed by atoms with E-state index in [1.54, 1.807) is 56.5 Å². The zero-order chi connectivity index (χ0) is 25.8. The number of aromatic nitrogens is 4. The molecule has 0 saturated heterocycles. The van der Waals surface area contributed by atoms with Gasteiger partial charge in [0.25, 0.3) is 5.56 Å². The number of aromatic amines is 1. The summed E-state index contributed by atoms with van der Waals surface area (Å²) in [4.78, 5) is 31.4. The van der Waals surface area contributed by atoms with Crippen LogP contribution in [0.2, 0.25) is 0 Å². The highest BCUT2D eigenvalue weighted by Gasteiger charge is 2.20. The topological polar surface area (TPSA) is 156 Å². The molecule has 0 amide bonds. The molecule has 2 aromatic carbocycles. The third-order valence-electron chi connectivity index (χ3n) is 5.52. The lowest BCUT2D eigenvalue weighted by atomic mass is 10.1. The van der Waals surface area contributed by atoms with Gasteiger partial charge in [-0.2, -0.15) is 10.1 Å². The minimum Gasteiger partial charge on any atom is -0.507 e. The number of aliphatic hydroxyl groups excluding tert-OH is 1. The Kier molecular flexibility index (Phi) is 7.06. The molecule has 0 aliphatic rings. The van der Waals surface area contributed by atoms with Crippen molar-refractivity contribution >= 4 is 22.8 Å². The minimum atomic E-state index is -1.04. The molecule has 1 unspecified atom stereocenters. The third kappa shape index (κ3) is 5.08. The maximum atomic E-state index is 12.7. The van der Waals surface area contributed by atoms with E-state index in [0.29, 0.717) is 22.8 Å². The molecule has 0 fully saturated rings. The van der Waals surface area contributed by atoms with E-state index in [1.807, 2.05) is 0 Å². The van der Waals surface area contributed by atoms with Crippen molar-refractivity contribution in [2.24, 2.45) is 12.1 Å². The Hall–Kier alpha value is -4.58. The highest BCUT2D eigenvalue weighted by atomic mass is 16.5. The standard InChI is InChI=1S/C24H26N6O6/c1-14(18-6-4-5-7-19(18)32)27-28-23-25-21-20(22(33)26-24(34)29(21)2)30(23)12-15(31)13-36-17-10-8-16(35-3)9-11-17/h4-11,15,31-32H,12-13H2,1-3H3,(H,25,28)(H,26,33,34)/b27-14+. The Bertz CT molecular complexity index is 1520. The van der Waals surface area contributed by atoms with Crippen molar-refractivity contribution in [3.8, 4) is 17.2 Å². The van der Waals surface area contributed by atoms with E-state index < -0.39 is 17.4 Å². The molecular weight excluding hydrogens is 468 g/mol. The van der Waals surface area contributed by atoms with Crippen LogP contribution in [0.4, 0.5) is 5.95 Å². The third-order valence-corrected chi connectivity index (χ3v) is 5.52. The van der Waals surface area contributed by atoms with Crippen LogP contribution < -0.4 is 26.1 Å². The molecule has 4 aromatic rings. The van der Waals surface area contributed by atoms with Gasteiger partial charge < -0.3 is 24.3 Å². The van der Waals surface area contributed by atoms with Crippen LogP contribution in [0.25, 0.3) is 11.2 Å². The summed E-state index contributed by atoms with van der Waals surface area (Å²) in [5, 5.41) is 25.1. The van der Waals surface area contributed by atoms with Crippen molar-refractivity contribution < 1.29 is 19.7 Å². The molecule has 0 aliphatic carbocycles. The number of nitrogens with one attached hydrogen (secondary N) is 2. The normalized spacial score (nSPS) is 12.5. The van der Waals surface area contributed by atoms with E-state index >= 15 is 0 Å². The van der Waals surface area contributed by atoms with Gasteiger partial charge in [0.2, 0.25) is 5.95 Å². The molecule has 12 heteroatoms. The molecule has 0 spiro atoms. The number of para-hydroxylation sites is 1. The number of hydrogen-bond donors (Lipinski definition) is 4. The van der Waals surface area contributed by atoms with Gasteiger partial charge in [0.1, 0.15) is 30.0 Å². The first kappa shape index (κ1) is 24.5. The number of phenols is 1. The lowest BCUT2D eigenvalue weighted by molar-refractivity contribution is 0.0938. The lowest BCUT2D eigenvalue weighted by Gasteiger charge is -2.15. The Morgan fingerprint density at radius 2 is 1.86 bits per heavy atom. The van der Waals surface area contributed by atoms with Crippen molar-refractivity contribution in [1.29, 1.82) is 0 Å². The number of aromatic hydroxyl groups is 1. The molecule has 188 valence electrons. The molecule has 0 saturated carbocycles. The zero-order valence-electron chi connectivity index (χ0n) is 19.9. The van der Waals surface area contributed by atoms with Crippen LogP contribution in [0.15, 0.2) is 63.2 Å². The summed E-state index contributed by atoms with van der Waals surface area (Å²) in [5.41, 5.74) is 2.67. The van der Waals surface area contributed by atoms with Crippen LogP contribution in [0.1, 0.15) is 12.5 Å². The monoisotopic (exact) mass is 494 g/mol. The van der Waals surface area contributed by atoms with Gasteiger partial charge in [-0.25, -0.2) is 10.2 Å². The number of imidazole rings is 1. The first-order chi connectivity index (χ1) is 17.3. The fourth-order valence-corrected chi connectivity index (χ4v) is 3.60. The summed E-state index contributed by atoms with van der Waals surface area (Å²) >= 11 is 0. The number of ether oxygens (including phenoxy) is 2. The number of hydrogen-bond acceptors (Lipinski definition) is 9. The Balaban J connectivity index is 1.63. The maximum Gasteiger partial charge on any atom is 0.329 e. The molecule has 4 rings (SSSR count). The molecular formula is C24H26N6O6. The van der Waals surface area contributed by atoms with Gasteiger partial charge in [-0.3, -0.25) is 14.3 Å². The average Bonchev–Trinajstić information content (AvgIpc) is 3.23. The molecule has 0 aliphatic heterocycles. The number of hydrazone groups is 1. The number of aliphatic hydroxyl groups is 1. The first-order valence-corrected chi connectivity index (χ1v) is 11.0. The van der Waals surface area contributed by atoms with Gasteiger partial charge in [-0.05, 0) is 43.3 Å². The minimum absolute atomic E-state index is 0.0546. The van der Waals surface area contributed by atoms with Crippen molar-refractivity contribution in [3.05, 3.63) is 74.9 Å². The van der Waals surface area contributed by atoms with Gasteiger partial charge in [0.05, 0.1) is 19.4 Å². The Morgan fingerprint density at radius 3 is 2.56 bits per heavy atom. The second-order valence-electron chi connectivity index (χ2n) is 8.00. The summed E-state index contributed by atoms with van der Waals surface area (Å²) in [6, 6.07) is 13.6. The number of H-pyrrole nitrogens is 1. The fraction of sp³-hybridized carbons (Fsp3) is 0.250. The molecule has 12 nitrogen and oxygen atoms in total. The molecule has 0 bridgehead atoms. The summed E-state index contributed by atoms with van der Waals surface area (Å²) < 4.78 is 13.4. The van der Waals surface area contributed by atoms with Crippen LogP contribution in [0.5, 0.6) is 17.2 Å². The van der Waals surface area contributed by atoms with Crippen LogP contribution in [-0.2, 0) is 13.6 Å². The van der Waals surface area contributed by atoms with Crippen LogP contribution >= 0.6 is 0 Å². The number of rotatable bonds is 9. The quantitative estimate of drug-likeness (QED) is 0.201. The van der Waals surface area contributed by atoms with E-state index in [0.717, 1.165) is 0 Å². The van der Waals surface area contributed by atoms with E-state index in [2.05, 4.69) is 20.5 Å². The SMILES string of the molecule is COc1ccc(OCC(O)Cn2c(N/N=C(\C)c3ccccc3O)nc3c2c(=O)[nH]c(=O)n3C)cc1. The van der Waals surface area contributed by atoms with Gasteiger partial charge in [-0.15, -0.1) is 0 Å². The molecule has 4 N–H and O–H groups in total. The Labute approximate surface area is 205 Å². The van der Waals surface area contributed by atoms with Gasteiger partial charge in [-0.1, -0.05) is 12.1 Å². The zero-order valence-corrected chi connectivity index (χ0v) is 19.9. The van der Waals surface area contributed by atoms with Crippen molar-refractivity contribution in [2.75, 3.05) is 19.1 Å². The highest BCUT2D eigenvalue weighted by molar-refractivity contribution is 6.01. The van der Waals surface area contributed by atoms with Crippen molar-refractivity contribution in [3.63, 3.8) is 0 Å². The second-order valence-corrected chi connectivity index (χ2v) is 8.00. The molecule has 36 heavy (non-hydrogen) atoms. The van der Waals surface area contributed by atoms with Crippen molar-refractivity contribution in [1.82, 2.24) is 19.1 Å². The van der Waals surface area contributed by atoms with Crippen LogP contribution in [0.3, 0.4) is 0 Å². The smallest absolute Gasteiger partial charge is 0.329 e. The second kappa shape index (κ2) is 10.4. The number of fused-ring (bicyclic) bond motifs is 1. The lowest BCUT2D eigenvalue weighted by Crippen LogP contribution is -2.30. The summed E-state index contributed by atoms with van der Waals surface area (Å²) in [5.74, 6) is 1.38. The summed E-state index contributed by atoms with van der Waals surface area (Å²) in [7, 11) is 3.04. The predicted molar refractivity (Wildman–Crippen MR) is 134 cm³/mol. The van der Waals surface area contributed by atoms with E-state index in [1.165, 1.54) is 22.2 Å². The number of phenolic OH excluding ortho intramolecular Hbond substituents is 1. The van der Waals surface area contributed by atoms with Gasteiger partial charge in [0.15, 0.2) is 11.2 Å². The molecule has 1 atom stereocenters. The summed E-state index contributed by atoms with van der Waals surface area (Å²) in [6.45, 7) is 1.53. The first-order valence-electron chi connectivity index (χ1n) is 11.0. The fourth-order valence-electron chi connectivity index (χ4n) is 3.60. The largest absolute Gasteiger partial charge is 0.507 e. The van der Waals surface area contributed by atoms with E-state index in [4.69, 9.17) is 9.47 Å². The van der Waals surface area contributed by atoms with E-state index in [-0.39, 0.29) is 36.0 Å². The number of benzene rings is 2. The number of nitrogens with zero attached hydrogens (tertiary/aromatic N) is 4. The summed E-state index contributed by atoms with van der Waals surface area (Å²) in [6.07, 6.45) is -1.04. The Morgan fingerprint density at radius 1 is 1.17 bits per heavy atom. The number of methoxy groups -OCH3 is 1. The van der Waals surface area contributed by atoms with Crippen LogP contribution in [-0.4, -0.2) is 54.8 Å². The number of aryl methyl sites for hydroxylation is 1. The van der Waals surface area contributed by atoms with Crippen molar-refractivity contribution in [2.45, 2.75) is 19.6 Å². The number of anilines is 1. The molecule has 2 aromatic heterocycles. The average molecular weight is 495 g/mol. The van der Waals surface area contributed by atoms with Gasteiger partial charge in [0, 0.05) is 12.6 Å². The molecule has 0 radical (unpaired) electrons. The highest BCUT2D eigenvalue weighted by Crippen LogP contribution is 2.20.